The molecule has 3 aliphatic rings. The van der Waals surface area contributed by atoms with E-state index < -0.39 is 6.16 Å². The molecule has 2 aromatic rings. The second kappa shape index (κ2) is 11.6. The largest absolute Gasteiger partial charge is 0.508 e. The van der Waals surface area contributed by atoms with Gasteiger partial charge >= 0.3 is 6.16 Å². The van der Waals surface area contributed by atoms with Crippen molar-refractivity contribution in [2.24, 2.45) is 0 Å². The number of carbonyl (C=O) groups is 1. The smallest absolute Gasteiger partial charge is 0.438 e. The van der Waals surface area contributed by atoms with Crippen LogP contribution in [0.4, 0.5) is 4.79 Å². The van der Waals surface area contributed by atoms with Gasteiger partial charge in [-0.15, -0.1) is 0 Å². The van der Waals surface area contributed by atoms with Crippen molar-refractivity contribution in [3.05, 3.63) is 70.8 Å². The topological polar surface area (TPSA) is 47.6 Å². The molecule has 0 unspecified atom stereocenters. The Bertz CT molecular complexity index is 881. The van der Waals surface area contributed by atoms with Gasteiger partial charge in [-0.3, -0.25) is 0 Å². The molecular formula is C31H41NO3. The predicted octanol–water partition coefficient (Wildman–Crippen LogP) is 7.43. The summed E-state index contributed by atoms with van der Waals surface area (Å²) in [5.41, 5.74) is 5.66. The molecule has 2 aromatic carbocycles. The fraction of sp³-hybridized carbons (Fsp3) is 0.581. The maximum absolute atomic E-state index is 11.7. The van der Waals surface area contributed by atoms with Crippen molar-refractivity contribution in [3.8, 4) is 0 Å². The first-order chi connectivity index (χ1) is 17.2. The number of ether oxygens (including phenoxy) is 2. The third-order valence-electron chi connectivity index (χ3n) is 8.70. The summed E-state index contributed by atoms with van der Waals surface area (Å²) in [5, 5.41) is 3.66. The molecule has 4 heteroatoms. The summed E-state index contributed by atoms with van der Waals surface area (Å²) in [4.78, 5) is 11.7. The van der Waals surface area contributed by atoms with Crippen molar-refractivity contribution in [1.29, 1.82) is 0 Å². The first kappa shape index (κ1) is 24.4. The molecule has 5 rings (SSSR count). The average Bonchev–Trinajstić information content (AvgIpc) is 3.38. The van der Waals surface area contributed by atoms with Crippen LogP contribution < -0.4 is 5.32 Å². The van der Waals surface area contributed by atoms with E-state index >= 15 is 0 Å². The highest BCUT2D eigenvalue weighted by Crippen LogP contribution is 2.38. The lowest BCUT2D eigenvalue weighted by Crippen LogP contribution is -2.29. The van der Waals surface area contributed by atoms with Crippen LogP contribution in [0.15, 0.2) is 48.5 Å². The van der Waals surface area contributed by atoms with Gasteiger partial charge in [-0.05, 0) is 59.8 Å². The molecule has 1 heterocycles. The zero-order valence-electron chi connectivity index (χ0n) is 21.2. The monoisotopic (exact) mass is 475 g/mol. The van der Waals surface area contributed by atoms with E-state index in [2.05, 4.69) is 53.8 Å². The predicted molar refractivity (Wildman–Crippen MR) is 140 cm³/mol. The summed E-state index contributed by atoms with van der Waals surface area (Å²) in [5.74, 6) is 1.66. The lowest BCUT2D eigenvalue weighted by Gasteiger charge is -2.27. The standard InChI is InChI=1S/C31H41NO3/c1-34-31(33)35-28-20-29(32-21-28)30(26-16-12-24(13-17-26)22-8-4-2-5-9-22)27-18-14-25(15-19-27)23-10-6-3-7-11-23/h12-19,22-23,28-30,32H,2-11,20-21H2,1H3/t28-,29-/m1/s1. The van der Waals surface area contributed by atoms with Crippen LogP contribution in [-0.4, -0.2) is 32.0 Å². The molecule has 1 N–H and O–H groups in total. The van der Waals surface area contributed by atoms with Gasteiger partial charge in [-0.25, -0.2) is 4.79 Å². The Morgan fingerprint density at radius 3 is 1.71 bits per heavy atom. The third-order valence-corrected chi connectivity index (χ3v) is 8.70. The van der Waals surface area contributed by atoms with E-state index in [1.807, 2.05) is 0 Å². The Kier molecular flexibility index (Phi) is 8.08. The number of benzene rings is 2. The number of nitrogens with one attached hydrogen (secondary N) is 1. The summed E-state index contributed by atoms with van der Waals surface area (Å²) in [6.07, 6.45) is 13.5. The summed E-state index contributed by atoms with van der Waals surface area (Å²) in [6, 6.07) is 19.1. The van der Waals surface area contributed by atoms with E-state index in [1.54, 1.807) is 0 Å². The van der Waals surface area contributed by atoms with E-state index in [0.29, 0.717) is 18.4 Å². The minimum Gasteiger partial charge on any atom is -0.438 e. The third kappa shape index (κ3) is 5.91. The second-order valence-electron chi connectivity index (χ2n) is 10.9. The zero-order chi connectivity index (χ0) is 24.0. The van der Waals surface area contributed by atoms with Gasteiger partial charge < -0.3 is 14.8 Å². The highest BCUT2D eigenvalue weighted by Gasteiger charge is 2.34. The fourth-order valence-corrected chi connectivity index (χ4v) is 6.74. The maximum Gasteiger partial charge on any atom is 0.508 e. The van der Waals surface area contributed by atoms with E-state index in [1.165, 1.54) is 93.6 Å². The lowest BCUT2D eigenvalue weighted by molar-refractivity contribution is 0.0430. The summed E-state index contributed by atoms with van der Waals surface area (Å²) in [6.45, 7) is 0.663. The van der Waals surface area contributed by atoms with Crippen molar-refractivity contribution in [2.45, 2.75) is 101 Å². The van der Waals surface area contributed by atoms with Crippen LogP contribution in [-0.2, 0) is 9.47 Å². The number of hydrogen-bond donors (Lipinski definition) is 1. The number of carbonyl (C=O) groups excluding carboxylic acids is 1. The van der Waals surface area contributed by atoms with Gasteiger partial charge in [-0.2, -0.15) is 0 Å². The van der Waals surface area contributed by atoms with E-state index in [0.717, 1.165) is 6.42 Å². The zero-order valence-corrected chi connectivity index (χ0v) is 21.2. The summed E-state index contributed by atoms with van der Waals surface area (Å²) in [7, 11) is 1.37. The van der Waals surface area contributed by atoms with Gasteiger partial charge in [0.2, 0.25) is 0 Å². The van der Waals surface area contributed by atoms with Crippen LogP contribution in [0, 0.1) is 0 Å². The van der Waals surface area contributed by atoms with Crippen LogP contribution in [0.5, 0.6) is 0 Å². The maximum atomic E-state index is 11.7. The normalized spacial score (nSPS) is 23.9. The van der Waals surface area contributed by atoms with Gasteiger partial charge in [0.1, 0.15) is 6.10 Å². The number of methoxy groups -OCH3 is 1. The molecule has 0 aromatic heterocycles. The Morgan fingerprint density at radius 2 is 1.26 bits per heavy atom. The van der Waals surface area contributed by atoms with Gasteiger partial charge in [0, 0.05) is 24.9 Å². The van der Waals surface area contributed by atoms with Gasteiger partial charge in [0.05, 0.1) is 7.11 Å². The minimum atomic E-state index is -0.595. The minimum absolute atomic E-state index is 0.155. The molecule has 0 spiro atoms. The molecular weight excluding hydrogens is 434 g/mol. The first-order valence-corrected chi connectivity index (χ1v) is 13.9. The Morgan fingerprint density at radius 1 is 0.771 bits per heavy atom. The summed E-state index contributed by atoms with van der Waals surface area (Å²) >= 11 is 0. The van der Waals surface area contributed by atoms with E-state index in [-0.39, 0.29) is 18.1 Å². The Labute approximate surface area is 210 Å². The van der Waals surface area contributed by atoms with Crippen molar-refractivity contribution >= 4 is 6.16 Å². The molecule has 3 fully saturated rings. The molecule has 0 bridgehead atoms. The van der Waals surface area contributed by atoms with Crippen LogP contribution in [0.1, 0.15) is 111 Å². The molecule has 4 nitrogen and oxygen atoms in total. The highest BCUT2D eigenvalue weighted by molar-refractivity contribution is 5.59. The molecule has 35 heavy (non-hydrogen) atoms. The number of rotatable bonds is 6. The SMILES string of the molecule is COC(=O)O[C@H]1CN[C@@H](C(c2ccc(C3CCCCC3)cc2)c2ccc(C3CCCCC3)cc2)C1. The van der Waals surface area contributed by atoms with E-state index in [9.17, 15) is 4.79 Å². The van der Waals surface area contributed by atoms with Crippen molar-refractivity contribution in [3.63, 3.8) is 0 Å². The quantitative estimate of drug-likeness (QED) is 0.441. The van der Waals surface area contributed by atoms with Crippen molar-refractivity contribution in [2.75, 3.05) is 13.7 Å². The number of hydrogen-bond acceptors (Lipinski definition) is 4. The van der Waals surface area contributed by atoms with Crippen molar-refractivity contribution in [1.82, 2.24) is 5.32 Å². The molecule has 1 saturated heterocycles. The summed E-state index contributed by atoms with van der Waals surface area (Å²) < 4.78 is 10.2. The molecule has 0 radical (unpaired) electrons. The molecule has 2 saturated carbocycles. The average molecular weight is 476 g/mol. The van der Waals surface area contributed by atoms with Gasteiger partial charge in [-0.1, -0.05) is 87.1 Å². The molecule has 2 atom stereocenters. The van der Waals surface area contributed by atoms with Gasteiger partial charge in [0.15, 0.2) is 0 Å². The molecule has 2 aliphatic carbocycles. The molecule has 0 amide bonds. The van der Waals surface area contributed by atoms with Crippen LogP contribution >= 0.6 is 0 Å². The lowest BCUT2D eigenvalue weighted by atomic mass is 9.79. The van der Waals surface area contributed by atoms with Crippen LogP contribution in [0.25, 0.3) is 0 Å². The van der Waals surface area contributed by atoms with Crippen LogP contribution in [0.2, 0.25) is 0 Å². The highest BCUT2D eigenvalue weighted by atomic mass is 16.7. The van der Waals surface area contributed by atoms with Crippen LogP contribution in [0.3, 0.4) is 0 Å². The van der Waals surface area contributed by atoms with Gasteiger partial charge in [0.25, 0.3) is 0 Å². The molecule has 188 valence electrons. The first-order valence-electron chi connectivity index (χ1n) is 13.9. The Balaban J connectivity index is 1.38. The van der Waals surface area contributed by atoms with E-state index in [4.69, 9.17) is 9.47 Å². The fourth-order valence-electron chi connectivity index (χ4n) is 6.74. The second-order valence-corrected chi connectivity index (χ2v) is 10.9. The van der Waals surface area contributed by atoms with Crippen molar-refractivity contribution < 1.29 is 14.3 Å². The Hall–Kier alpha value is -2.33. The molecule has 1 aliphatic heterocycles.